The molecule has 9 nitrogen and oxygen atoms in total. The molecular formula is C17H21N9S. The molecule has 140 valence electrons. The van der Waals surface area contributed by atoms with Gasteiger partial charge < -0.3 is 10.6 Å². The molecule has 3 heterocycles. The van der Waals surface area contributed by atoms with E-state index in [2.05, 4.69) is 36.7 Å². The van der Waals surface area contributed by atoms with Gasteiger partial charge >= 0.3 is 0 Å². The van der Waals surface area contributed by atoms with Crippen molar-refractivity contribution in [3.05, 3.63) is 43.0 Å². The minimum absolute atomic E-state index is 0.0907. The van der Waals surface area contributed by atoms with Crippen molar-refractivity contribution in [1.82, 2.24) is 34.7 Å². The van der Waals surface area contributed by atoms with Crippen LogP contribution in [0, 0.1) is 0 Å². The maximum Gasteiger partial charge on any atom is 0.229 e. The zero-order chi connectivity index (χ0) is 19.4. The molecule has 3 rings (SSSR count). The third kappa shape index (κ3) is 4.22. The molecule has 10 heteroatoms. The van der Waals surface area contributed by atoms with E-state index in [1.807, 2.05) is 43.8 Å². The summed E-state index contributed by atoms with van der Waals surface area (Å²) in [5.74, 6) is 2.07. The number of nitrogens with two attached hydrogens (primary N) is 1. The molecule has 3 aromatic rings. The summed E-state index contributed by atoms with van der Waals surface area (Å²) < 4.78 is 2.00. The molecule has 0 spiro atoms. The van der Waals surface area contributed by atoms with Crippen LogP contribution >= 0.6 is 11.8 Å². The zero-order valence-electron chi connectivity index (χ0n) is 15.4. The first-order valence-corrected chi connectivity index (χ1v) is 9.17. The first kappa shape index (κ1) is 18.8. The zero-order valence-corrected chi connectivity index (χ0v) is 16.3. The minimum atomic E-state index is -0.0907. The summed E-state index contributed by atoms with van der Waals surface area (Å²) in [5.41, 5.74) is 6.78. The number of rotatable bonds is 7. The van der Waals surface area contributed by atoms with Gasteiger partial charge in [-0.15, -0.1) is 16.8 Å². The van der Waals surface area contributed by atoms with Crippen molar-refractivity contribution >= 4 is 23.7 Å². The Morgan fingerprint density at radius 3 is 2.63 bits per heavy atom. The second-order valence-electron chi connectivity index (χ2n) is 5.95. The Morgan fingerprint density at radius 2 is 1.96 bits per heavy atom. The van der Waals surface area contributed by atoms with Gasteiger partial charge in [0.1, 0.15) is 5.82 Å². The molecule has 0 aromatic carbocycles. The molecule has 0 saturated heterocycles. The number of anilines is 2. The van der Waals surface area contributed by atoms with E-state index in [1.54, 1.807) is 17.3 Å². The van der Waals surface area contributed by atoms with Crippen LogP contribution in [0.3, 0.4) is 0 Å². The van der Waals surface area contributed by atoms with Crippen LogP contribution in [0.4, 0.5) is 11.9 Å². The maximum absolute atomic E-state index is 5.84. The summed E-state index contributed by atoms with van der Waals surface area (Å²) in [4.78, 5) is 18.7. The van der Waals surface area contributed by atoms with E-state index in [-0.39, 0.29) is 11.2 Å². The molecule has 0 bridgehead atoms. The lowest BCUT2D eigenvalue weighted by atomic mass is 10.2. The number of nitrogens with zero attached hydrogens (tertiary/aromatic N) is 8. The highest BCUT2D eigenvalue weighted by Gasteiger charge is 2.20. The van der Waals surface area contributed by atoms with Gasteiger partial charge in [0, 0.05) is 38.6 Å². The van der Waals surface area contributed by atoms with E-state index >= 15 is 0 Å². The second-order valence-corrected chi connectivity index (χ2v) is 7.26. The average Bonchev–Trinajstić information content (AvgIpc) is 3.04. The highest BCUT2D eigenvalue weighted by Crippen LogP contribution is 2.34. The Labute approximate surface area is 161 Å². The highest BCUT2D eigenvalue weighted by atomic mass is 32.2. The number of aromatic nitrogens is 7. The predicted molar refractivity (Wildman–Crippen MR) is 106 cm³/mol. The molecule has 0 amide bonds. The molecule has 1 unspecified atom stereocenters. The van der Waals surface area contributed by atoms with E-state index < -0.39 is 0 Å². The van der Waals surface area contributed by atoms with Crippen LogP contribution in [0.15, 0.2) is 42.3 Å². The summed E-state index contributed by atoms with van der Waals surface area (Å²) in [7, 11) is 3.72. The number of pyridine rings is 1. The van der Waals surface area contributed by atoms with Crippen molar-refractivity contribution in [2.45, 2.75) is 23.9 Å². The lowest BCUT2D eigenvalue weighted by molar-refractivity contribution is 0.727. The van der Waals surface area contributed by atoms with Gasteiger partial charge in [-0.1, -0.05) is 17.8 Å². The third-order valence-electron chi connectivity index (χ3n) is 3.67. The van der Waals surface area contributed by atoms with Gasteiger partial charge in [0.05, 0.1) is 5.25 Å². The molecule has 0 aliphatic heterocycles. The van der Waals surface area contributed by atoms with E-state index in [9.17, 15) is 0 Å². The fourth-order valence-corrected chi connectivity index (χ4v) is 3.28. The fourth-order valence-electron chi connectivity index (χ4n) is 2.37. The third-order valence-corrected chi connectivity index (χ3v) is 4.75. The summed E-state index contributed by atoms with van der Waals surface area (Å²) in [5, 5.41) is 9.36. The number of allylic oxidation sites excluding steroid dienone is 1. The summed E-state index contributed by atoms with van der Waals surface area (Å²) in [6.07, 6.45) is 5.27. The molecule has 2 N–H and O–H groups in total. The maximum atomic E-state index is 5.84. The van der Waals surface area contributed by atoms with E-state index in [0.29, 0.717) is 18.3 Å². The van der Waals surface area contributed by atoms with Crippen molar-refractivity contribution in [3.63, 3.8) is 0 Å². The molecule has 27 heavy (non-hydrogen) atoms. The van der Waals surface area contributed by atoms with Crippen molar-refractivity contribution in [2.75, 3.05) is 24.7 Å². The van der Waals surface area contributed by atoms with Gasteiger partial charge in [0.15, 0.2) is 11.0 Å². The van der Waals surface area contributed by atoms with Crippen molar-refractivity contribution in [2.24, 2.45) is 0 Å². The summed E-state index contributed by atoms with van der Waals surface area (Å²) >= 11 is 1.51. The van der Waals surface area contributed by atoms with Gasteiger partial charge in [-0.2, -0.15) is 15.0 Å². The average molecular weight is 383 g/mol. The quantitative estimate of drug-likeness (QED) is 0.485. The second kappa shape index (κ2) is 8.12. The largest absolute Gasteiger partial charge is 0.368 e. The molecule has 0 radical (unpaired) electrons. The fraction of sp³-hybridized carbons (Fsp3) is 0.294. The summed E-state index contributed by atoms with van der Waals surface area (Å²) in [6.45, 7) is 6.42. The molecular weight excluding hydrogens is 362 g/mol. The van der Waals surface area contributed by atoms with Crippen LogP contribution in [-0.2, 0) is 6.54 Å². The Kier molecular flexibility index (Phi) is 5.65. The molecule has 3 aromatic heterocycles. The van der Waals surface area contributed by atoms with Crippen LogP contribution in [0.5, 0.6) is 0 Å². The lowest BCUT2D eigenvalue weighted by Crippen LogP contribution is -2.16. The van der Waals surface area contributed by atoms with Crippen molar-refractivity contribution in [3.8, 4) is 11.4 Å². The van der Waals surface area contributed by atoms with Gasteiger partial charge in [0.2, 0.25) is 11.9 Å². The van der Waals surface area contributed by atoms with E-state index in [0.717, 1.165) is 16.5 Å². The summed E-state index contributed by atoms with van der Waals surface area (Å²) in [6, 6.07) is 3.80. The van der Waals surface area contributed by atoms with Crippen LogP contribution < -0.4 is 10.6 Å². The van der Waals surface area contributed by atoms with E-state index in [1.165, 1.54) is 11.8 Å². The molecule has 1 atom stereocenters. The first-order valence-electron chi connectivity index (χ1n) is 8.29. The van der Waals surface area contributed by atoms with Gasteiger partial charge in [-0.05, 0) is 19.1 Å². The highest BCUT2D eigenvalue weighted by molar-refractivity contribution is 7.99. The van der Waals surface area contributed by atoms with Crippen molar-refractivity contribution in [1.29, 1.82) is 0 Å². The monoisotopic (exact) mass is 383 g/mol. The van der Waals surface area contributed by atoms with Gasteiger partial charge in [0.25, 0.3) is 0 Å². The normalized spacial score (nSPS) is 12.0. The predicted octanol–water partition coefficient (Wildman–Crippen LogP) is 2.21. The van der Waals surface area contributed by atoms with Gasteiger partial charge in [-0.25, -0.2) is 0 Å². The standard InChI is InChI=1S/C17H21N9S/c1-5-10-26-14(12-6-8-19-9-7-12)23-24-17(26)27-11(2)13-20-15(18)22-16(21-13)25(3)4/h5-9,11H,1,10H2,2-4H3,(H2,18,20,21,22). The van der Waals surface area contributed by atoms with Crippen LogP contribution in [-0.4, -0.2) is 48.8 Å². The Morgan fingerprint density at radius 1 is 1.22 bits per heavy atom. The lowest BCUT2D eigenvalue weighted by Gasteiger charge is -2.15. The number of nitrogen functional groups attached to an aromatic ring is 1. The number of hydrogen-bond acceptors (Lipinski definition) is 9. The molecule has 0 fully saturated rings. The SMILES string of the molecule is C=CCn1c(SC(C)c2nc(N)nc(N(C)C)n2)nnc1-c1ccncc1. The molecule has 0 aliphatic carbocycles. The number of thioether (sulfide) groups is 1. The first-order chi connectivity index (χ1) is 13.0. The minimum Gasteiger partial charge on any atom is -0.368 e. The Hall–Kier alpha value is -3.01. The van der Waals surface area contributed by atoms with Crippen LogP contribution in [0.1, 0.15) is 18.0 Å². The Bertz CT molecular complexity index is 923. The molecule has 0 saturated carbocycles. The topological polar surface area (TPSA) is 112 Å². The van der Waals surface area contributed by atoms with E-state index in [4.69, 9.17) is 5.73 Å². The van der Waals surface area contributed by atoms with Gasteiger partial charge in [-0.3, -0.25) is 9.55 Å². The molecule has 0 aliphatic rings. The van der Waals surface area contributed by atoms with Crippen LogP contribution in [0.2, 0.25) is 0 Å². The number of hydrogen-bond donors (Lipinski definition) is 1. The van der Waals surface area contributed by atoms with Crippen molar-refractivity contribution < 1.29 is 0 Å². The van der Waals surface area contributed by atoms with Crippen LogP contribution in [0.25, 0.3) is 11.4 Å². The Balaban J connectivity index is 1.91. The smallest absolute Gasteiger partial charge is 0.229 e.